The topological polar surface area (TPSA) is 0 Å². The fourth-order valence-corrected chi connectivity index (χ4v) is 3.24. The van der Waals surface area contributed by atoms with E-state index in [1.165, 1.54) is 60.8 Å². The van der Waals surface area contributed by atoms with Gasteiger partial charge in [-0.1, -0.05) is 66.2 Å². The maximum Gasteiger partial charge on any atom is 0 e. The number of hydrogen-bond donors (Lipinski definition) is 0. The molecule has 0 atom stereocenters. The van der Waals surface area contributed by atoms with Gasteiger partial charge in [0.25, 0.3) is 0 Å². The van der Waals surface area contributed by atoms with E-state index in [4.69, 9.17) is 0 Å². The number of aryl methyl sites for hydroxylation is 4. The Hall–Kier alpha value is -1.56. The zero-order valence-corrected chi connectivity index (χ0v) is 22.4. The van der Waals surface area contributed by atoms with Crippen LogP contribution in [0.3, 0.4) is 0 Å². The van der Waals surface area contributed by atoms with Crippen LogP contribution in [0.15, 0.2) is 97.1 Å². The molecule has 0 heterocycles. The fourth-order valence-electron chi connectivity index (χ4n) is 3.24. The molecule has 32 heavy (non-hydrogen) atoms. The Kier molecular flexibility index (Phi) is 23.1. The molecule has 4 rings (SSSR count). The first-order valence-electron chi connectivity index (χ1n) is 11.6. The Morgan fingerprint density at radius 1 is 0.750 bits per heavy atom. The molecule has 0 aromatic heterocycles. The van der Waals surface area contributed by atoms with Crippen LogP contribution in [0.25, 0.3) is 0 Å². The van der Waals surface area contributed by atoms with Gasteiger partial charge in [-0.2, -0.15) is 58.7 Å². The van der Waals surface area contributed by atoms with E-state index in [9.17, 15) is 0 Å². The van der Waals surface area contributed by atoms with Crippen molar-refractivity contribution < 1.29 is 34.1 Å². The molecule has 0 bridgehead atoms. The van der Waals surface area contributed by atoms with Crippen molar-refractivity contribution >= 4 is 0 Å². The Bertz CT molecular complexity index is 715. The maximum absolute atomic E-state index is 2.21. The van der Waals surface area contributed by atoms with Crippen molar-refractivity contribution in [1.82, 2.24) is 0 Å². The van der Waals surface area contributed by atoms with Gasteiger partial charge in [0.15, 0.2) is 0 Å². The second-order valence-electron chi connectivity index (χ2n) is 7.33. The molecule has 2 heteroatoms. The van der Waals surface area contributed by atoms with E-state index in [0.717, 1.165) is 0 Å². The van der Waals surface area contributed by atoms with Crippen molar-refractivity contribution in [3.05, 3.63) is 119 Å². The van der Waals surface area contributed by atoms with Crippen LogP contribution in [-0.2, 0) is 59.8 Å². The number of rotatable bonds is 6. The molecule has 0 aliphatic rings. The summed E-state index contributed by atoms with van der Waals surface area (Å²) in [5.41, 5.74) is 5.95. The van der Waals surface area contributed by atoms with Crippen LogP contribution in [0.2, 0.25) is 0 Å². The van der Waals surface area contributed by atoms with Gasteiger partial charge in [-0.3, -0.25) is 0 Å². The van der Waals surface area contributed by atoms with E-state index in [-0.39, 0.29) is 34.1 Å². The van der Waals surface area contributed by atoms with E-state index in [1.807, 2.05) is 30.3 Å². The summed E-state index contributed by atoms with van der Waals surface area (Å²) in [6.45, 7) is 8.81. The predicted octanol–water partition coefficient (Wildman–Crippen LogP) is 8.65. The van der Waals surface area contributed by atoms with Crippen molar-refractivity contribution in [3.8, 4) is 0 Å². The van der Waals surface area contributed by atoms with Gasteiger partial charge in [0.2, 0.25) is 0 Å². The minimum absolute atomic E-state index is 0. The molecule has 4 aromatic rings. The quantitative estimate of drug-likeness (QED) is 0.179. The van der Waals surface area contributed by atoms with Crippen molar-refractivity contribution in [2.75, 3.05) is 0 Å². The van der Waals surface area contributed by atoms with Crippen molar-refractivity contribution in [1.29, 1.82) is 0 Å². The average Bonchev–Trinajstić information content (AvgIpc) is 3.59. The fraction of sp³-hybridized carbons (Fsp3) is 0.333. The first kappa shape index (κ1) is 32.6. The van der Waals surface area contributed by atoms with Crippen LogP contribution in [0.1, 0.15) is 62.8 Å². The molecular weight excluding hydrogens is 472 g/mol. The van der Waals surface area contributed by atoms with Crippen molar-refractivity contribution in [2.24, 2.45) is 0 Å². The molecule has 0 amide bonds. The summed E-state index contributed by atoms with van der Waals surface area (Å²) in [6, 6.07) is 33.6. The Balaban J connectivity index is 0. The minimum Gasteiger partial charge on any atom is -0.748 e. The summed E-state index contributed by atoms with van der Waals surface area (Å²) in [4.78, 5) is 0. The molecular formula is C30H40Fe2-8. The van der Waals surface area contributed by atoms with E-state index in [0.29, 0.717) is 0 Å². The normalized spacial score (nSPS) is 8.88. The van der Waals surface area contributed by atoms with Gasteiger partial charge in [0.05, 0.1) is 0 Å². The zero-order valence-electron chi connectivity index (χ0n) is 20.2. The number of hydrogen-bond acceptors (Lipinski definition) is 0. The van der Waals surface area contributed by atoms with Crippen LogP contribution in [0.5, 0.6) is 0 Å². The molecule has 4 aromatic carbocycles. The van der Waals surface area contributed by atoms with Crippen molar-refractivity contribution in [3.63, 3.8) is 0 Å². The maximum atomic E-state index is 2.21. The Morgan fingerprint density at radius 2 is 1.38 bits per heavy atom. The van der Waals surface area contributed by atoms with Crippen LogP contribution < -0.4 is 0 Å². The van der Waals surface area contributed by atoms with Crippen LogP contribution in [-0.4, -0.2) is 0 Å². The summed E-state index contributed by atoms with van der Waals surface area (Å²) >= 11 is 0. The van der Waals surface area contributed by atoms with Crippen LogP contribution in [0, 0.1) is 0 Å². The van der Waals surface area contributed by atoms with Gasteiger partial charge < -0.3 is 30.3 Å². The predicted molar refractivity (Wildman–Crippen MR) is 135 cm³/mol. The zero-order chi connectivity index (χ0) is 21.9. The largest absolute Gasteiger partial charge is 0.748 e. The van der Waals surface area contributed by atoms with Gasteiger partial charge in [-0.05, 0) is 0 Å². The standard InChI is InChI=1S/C9H13.2C8H11.C5H5.2Fe/c1-3-8-6-5-7-9(8)4-2;2*1-2-5-8-6-3-4-7-8;1-2-4-5-3-1;;/h5-7H,3-4H2,1-2H3;2*3-4,6-7H,2,5H2,1H3;1-5H;;/q3*-1;-5;;. The molecule has 0 saturated heterocycles. The van der Waals surface area contributed by atoms with Gasteiger partial charge in [-0.15, -0.1) is 0 Å². The average molecular weight is 512 g/mol. The van der Waals surface area contributed by atoms with E-state index in [1.54, 1.807) is 0 Å². The Labute approximate surface area is 218 Å². The van der Waals surface area contributed by atoms with E-state index < -0.39 is 0 Å². The van der Waals surface area contributed by atoms with Gasteiger partial charge in [0, 0.05) is 34.1 Å². The second-order valence-corrected chi connectivity index (χ2v) is 7.33. The molecule has 0 nitrogen and oxygen atoms in total. The summed E-state index contributed by atoms with van der Waals surface area (Å²) in [5, 5.41) is 0. The monoisotopic (exact) mass is 512 g/mol. The Morgan fingerprint density at radius 3 is 1.78 bits per heavy atom. The third kappa shape index (κ3) is 15.3. The smallest absolute Gasteiger partial charge is 0 e. The van der Waals surface area contributed by atoms with Crippen LogP contribution >= 0.6 is 0 Å². The molecule has 0 aliphatic carbocycles. The van der Waals surface area contributed by atoms with Gasteiger partial charge in [-0.25, -0.2) is 30.3 Å². The molecule has 0 fully saturated rings. The SMILES string of the molecule is CCC[c-]1cccc1.CCCc1cc[cH-]c1.CCc1ccc[c-]1CC.[Fe].[Fe].[cH-]1[cH-][cH-][cH-][cH-]1. The summed E-state index contributed by atoms with van der Waals surface area (Å²) in [7, 11) is 0. The molecule has 184 valence electrons. The van der Waals surface area contributed by atoms with Crippen LogP contribution in [0.4, 0.5) is 0 Å². The second kappa shape index (κ2) is 22.6. The summed E-state index contributed by atoms with van der Waals surface area (Å²) in [5.74, 6) is 0. The molecule has 0 saturated carbocycles. The first-order valence-corrected chi connectivity index (χ1v) is 11.6. The van der Waals surface area contributed by atoms with E-state index in [2.05, 4.69) is 94.4 Å². The van der Waals surface area contributed by atoms with Gasteiger partial charge in [0.1, 0.15) is 0 Å². The first-order chi connectivity index (χ1) is 14.7. The minimum atomic E-state index is 0. The molecule has 0 spiro atoms. The van der Waals surface area contributed by atoms with Gasteiger partial charge >= 0.3 is 0 Å². The summed E-state index contributed by atoms with van der Waals surface area (Å²) < 4.78 is 0. The molecule has 0 radical (unpaired) electrons. The summed E-state index contributed by atoms with van der Waals surface area (Å²) in [6.07, 6.45) is 7.32. The molecule has 0 N–H and O–H groups in total. The van der Waals surface area contributed by atoms with Crippen molar-refractivity contribution in [2.45, 2.75) is 66.2 Å². The third-order valence-corrected chi connectivity index (χ3v) is 4.87. The third-order valence-electron chi connectivity index (χ3n) is 4.87. The molecule has 0 aliphatic heterocycles. The van der Waals surface area contributed by atoms with E-state index >= 15 is 0 Å². The molecule has 0 unspecified atom stereocenters.